The number of carbonyl (C=O) groups is 1. The van der Waals surface area contributed by atoms with E-state index in [0.29, 0.717) is 23.8 Å². The van der Waals surface area contributed by atoms with Gasteiger partial charge in [0.25, 0.3) is 0 Å². The summed E-state index contributed by atoms with van der Waals surface area (Å²) >= 11 is 0. The monoisotopic (exact) mass is 329 g/mol. The van der Waals surface area contributed by atoms with Gasteiger partial charge in [0.05, 0.1) is 5.92 Å². The van der Waals surface area contributed by atoms with Crippen molar-refractivity contribution in [2.45, 2.75) is 38.0 Å². The van der Waals surface area contributed by atoms with Crippen LogP contribution in [0, 0.1) is 11.7 Å². The molecule has 0 N–H and O–H groups in total. The first kappa shape index (κ1) is 15.3. The quantitative estimate of drug-likeness (QED) is 0.866. The SMILES string of the molecule is O=C(C1CCC1)N1CCC[C@@H](c2nc(-c3cccc(F)c3)no2)C1. The molecule has 0 spiro atoms. The molecule has 1 atom stereocenters. The highest BCUT2D eigenvalue weighted by Gasteiger charge is 2.34. The summed E-state index contributed by atoms with van der Waals surface area (Å²) in [6.07, 6.45) is 5.07. The molecule has 2 fully saturated rings. The first-order valence-electron chi connectivity index (χ1n) is 8.59. The van der Waals surface area contributed by atoms with E-state index >= 15 is 0 Å². The number of amides is 1. The molecule has 1 aliphatic heterocycles. The number of aromatic nitrogens is 2. The molecular weight excluding hydrogens is 309 g/mol. The lowest BCUT2D eigenvalue weighted by Gasteiger charge is -2.36. The third kappa shape index (κ3) is 2.92. The van der Waals surface area contributed by atoms with Crippen LogP contribution in [-0.2, 0) is 4.79 Å². The van der Waals surface area contributed by atoms with Crippen molar-refractivity contribution in [3.8, 4) is 11.4 Å². The van der Waals surface area contributed by atoms with Crippen LogP contribution in [0.15, 0.2) is 28.8 Å². The molecule has 24 heavy (non-hydrogen) atoms. The highest BCUT2D eigenvalue weighted by molar-refractivity contribution is 5.79. The van der Waals surface area contributed by atoms with Crippen LogP contribution in [0.1, 0.15) is 43.9 Å². The highest BCUT2D eigenvalue weighted by atomic mass is 19.1. The second-order valence-corrected chi connectivity index (χ2v) is 6.72. The van der Waals surface area contributed by atoms with Crippen LogP contribution >= 0.6 is 0 Å². The number of benzene rings is 1. The number of rotatable bonds is 3. The summed E-state index contributed by atoms with van der Waals surface area (Å²) in [4.78, 5) is 18.8. The van der Waals surface area contributed by atoms with Crippen molar-refractivity contribution in [3.63, 3.8) is 0 Å². The van der Waals surface area contributed by atoms with E-state index in [-0.39, 0.29) is 23.6 Å². The summed E-state index contributed by atoms with van der Waals surface area (Å²) in [6, 6.07) is 6.16. The lowest BCUT2D eigenvalue weighted by molar-refractivity contribution is -0.139. The summed E-state index contributed by atoms with van der Waals surface area (Å²) in [5.41, 5.74) is 0.600. The molecule has 1 saturated carbocycles. The maximum absolute atomic E-state index is 13.3. The Morgan fingerprint density at radius 2 is 2.12 bits per heavy atom. The van der Waals surface area contributed by atoms with Crippen LogP contribution in [-0.4, -0.2) is 34.0 Å². The Hall–Kier alpha value is -2.24. The van der Waals surface area contributed by atoms with Crippen molar-refractivity contribution in [3.05, 3.63) is 36.0 Å². The van der Waals surface area contributed by atoms with E-state index in [2.05, 4.69) is 10.1 Å². The van der Waals surface area contributed by atoms with E-state index in [1.54, 1.807) is 12.1 Å². The fourth-order valence-electron chi connectivity index (χ4n) is 3.44. The van der Waals surface area contributed by atoms with Gasteiger partial charge in [-0.2, -0.15) is 4.98 Å². The summed E-state index contributed by atoms with van der Waals surface area (Å²) < 4.78 is 18.7. The fraction of sp³-hybridized carbons (Fsp3) is 0.500. The topological polar surface area (TPSA) is 59.2 Å². The average Bonchev–Trinajstić information content (AvgIpc) is 3.03. The van der Waals surface area contributed by atoms with Gasteiger partial charge in [-0.1, -0.05) is 23.7 Å². The Morgan fingerprint density at radius 1 is 1.25 bits per heavy atom. The van der Waals surface area contributed by atoms with Gasteiger partial charge in [-0.3, -0.25) is 4.79 Å². The minimum Gasteiger partial charge on any atom is -0.342 e. The molecule has 6 heteroatoms. The maximum atomic E-state index is 13.3. The number of likely N-dealkylation sites (tertiary alicyclic amines) is 1. The third-order valence-corrected chi connectivity index (χ3v) is 5.06. The number of piperidine rings is 1. The Morgan fingerprint density at radius 3 is 2.88 bits per heavy atom. The molecule has 1 amide bonds. The van der Waals surface area contributed by atoms with Gasteiger partial charge in [-0.25, -0.2) is 4.39 Å². The summed E-state index contributed by atoms with van der Waals surface area (Å²) in [5, 5.41) is 3.98. The van der Waals surface area contributed by atoms with E-state index in [1.165, 1.54) is 12.1 Å². The van der Waals surface area contributed by atoms with Crippen molar-refractivity contribution in [2.24, 2.45) is 5.92 Å². The van der Waals surface area contributed by atoms with Crippen LogP contribution in [0.5, 0.6) is 0 Å². The molecule has 126 valence electrons. The van der Waals surface area contributed by atoms with Crippen molar-refractivity contribution in [2.75, 3.05) is 13.1 Å². The van der Waals surface area contributed by atoms with E-state index in [0.717, 1.165) is 38.6 Å². The number of nitrogens with zero attached hydrogens (tertiary/aromatic N) is 3. The van der Waals surface area contributed by atoms with E-state index in [1.807, 2.05) is 4.90 Å². The van der Waals surface area contributed by atoms with Crippen LogP contribution in [0.25, 0.3) is 11.4 Å². The molecule has 1 aliphatic carbocycles. The molecule has 4 rings (SSSR count). The second kappa shape index (κ2) is 6.34. The average molecular weight is 329 g/mol. The van der Waals surface area contributed by atoms with Crippen LogP contribution in [0.4, 0.5) is 4.39 Å². The molecule has 1 saturated heterocycles. The van der Waals surface area contributed by atoms with Crippen molar-refractivity contribution in [1.82, 2.24) is 15.0 Å². The van der Waals surface area contributed by atoms with E-state index < -0.39 is 0 Å². The minimum atomic E-state index is -0.325. The smallest absolute Gasteiger partial charge is 0.231 e. The van der Waals surface area contributed by atoms with Gasteiger partial charge in [0.1, 0.15) is 5.82 Å². The first-order chi connectivity index (χ1) is 11.7. The van der Waals surface area contributed by atoms with Gasteiger partial charge in [0.2, 0.25) is 17.6 Å². The van der Waals surface area contributed by atoms with Gasteiger partial charge in [0, 0.05) is 24.6 Å². The fourth-order valence-corrected chi connectivity index (χ4v) is 3.44. The van der Waals surface area contributed by atoms with E-state index in [4.69, 9.17) is 4.52 Å². The number of hydrogen-bond acceptors (Lipinski definition) is 4. The molecular formula is C18H20FN3O2. The minimum absolute atomic E-state index is 0.0672. The van der Waals surface area contributed by atoms with Gasteiger partial charge in [0.15, 0.2) is 0 Å². The Balaban J connectivity index is 1.48. The van der Waals surface area contributed by atoms with E-state index in [9.17, 15) is 9.18 Å². The van der Waals surface area contributed by atoms with Crippen molar-refractivity contribution in [1.29, 1.82) is 0 Å². The van der Waals surface area contributed by atoms with Gasteiger partial charge in [-0.15, -0.1) is 0 Å². The normalized spacial score (nSPS) is 21.5. The molecule has 1 aromatic heterocycles. The molecule has 2 heterocycles. The van der Waals surface area contributed by atoms with Crippen molar-refractivity contribution >= 4 is 5.91 Å². The maximum Gasteiger partial charge on any atom is 0.231 e. The predicted molar refractivity (Wildman–Crippen MR) is 85.6 cm³/mol. The molecule has 2 aliphatic rings. The van der Waals surface area contributed by atoms with Crippen LogP contribution in [0.2, 0.25) is 0 Å². The molecule has 0 radical (unpaired) electrons. The summed E-state index contributed by atoms with van der Waals surface area (Å²) in [5.74, 6) is 1.17. The molecule has 0 bridgehead atoms. The Bertz CT molecular complexity index is 741. The zero-order chi connectivity index (χ0) is 16.5. The number of halogens is 1. The molecule has 1 aromatic carbocycles. The predicted octanol–water partition coefficient (Wildman–Crippen LogP) is 3.38. The Kier molecular flexibility index (Phi) is 4.04. The van der Waals surface area contributed by atoms with Gasteiger partial charge >= 0.3 is 0 Å². The Labute approximate surface area is 139 Å². The number of carbonyl (C=O) groups excluding carboxylic acids is 1. The summed E-state index contributed by atoms with van der Waals surface area (Å²) in [7, 11) is 0. The molecule has 2 aromatic rings. The summed E-state index contributed by atoms with van der Waals surface area (Å²) in [6.45, 7) is 1.46. The lowest BCUT2D eigenvalue weighted by Crippen LogP contribution is -2.44. The van der Waals surface area contributed by atoms with Gasteiger partial charge in [-0.05, 0) is 37.8 Å². The van der Waals surface area contributed by atoms with Gasteiger partial charge < -0.3 is 9.42 Å². The second-order valence-electron chi connectivity index (χ2n) is 6.72. The largest absolute Gasteiger partial charge is 0.342 e. The van der Waals surface area contributed by atoms with Crippen LogP contribution in [0.3, 0.4) is 0 Å². The van der Waals surface area contributed by atoms with Crippen LogP contribution < -0.4 is 0 Å². The number of hydrogen-bond donors (Lipinski definition) is 0. The zero-order valence-electron chi connectivity index (χ0n) is 13.4. The standard InChI is InChI=1S/C18H20FN3O2/c19-15-8-2-6-13(10-15)16-20-17(24-21-16)14-7-3-9-22(11-14)18(23)12-4-1-5-12/h2,6,8,10,12,14H,1,3-5,7,9,11H2/t14-/m1/s1. The highest BCUT2D eigenvalue weighted by Crippen LogP contribution is 2.32. The third-order valence-electron chi connectivity index (χ3n) is 5.06. The molecule has 5 nitrogen and oxygen atoms in total. The first-order valence-corrected chi connectivity index (χ1v) is 8.59. The molecule has 0 unspecified atom stereocenters. The lowest BCUT2D eigenvalue weighted by atomic mass is 9.83. The zero-order valence-corrected chi connectivity index (χ0v) is 13.4. The van der Waals surface area contributed by atoms with Crippen molar-refractivity contribution < 1.29 is 13.7 Å².